The van der Waals surface area contributed by atoms with Crippen molar-refractivity contribution in [3.8, 4) is 0 Å². The molecular weight excluding hydrogens is 364 g/mol. The molecule has 1 N–H and O–H groups in total. The standard InChI is InChI=1S/C20H22N2O4S/c1-15(14-27-20(26)16-9-5-3-6-10-16)19(25)22(13-18(23)24)21(2)17-11-7-4-8-12-17/h3-12,15H,13-14H2,1-2H3,(H,23,24). The van der Waals surface area contributed by atoms with Crippen molar-refractivity contribution in [1.82, 2.24) is 5.01 Å². The Labute approximate surface area is 162 Å². The van der Waals surface area contributed by atoms with Crippen molar-refractivity contribution >= 4 is 34.4 Å². The largest absolute Gasteiger partial charge is 0.480 e. The molecule has 2 aromatic rings. The lowest BCUT2D eigenvalue weighted by Crippen LogP contribution is -2.49. The molecule has 6 nitrogen and oxygen atoms in total. The van der Waals surface area contributed by atoms with Crippen molar-refractivity contribution in [1.29, 1.82) is 0 Å². The van der Waals surface area contributed by atoms with E-state index in [4.69, 9.17) is 0 Å². The number of carboxylic acids is 1. The Morgan fingerprint density at radius 1 is 1.00 bits per heavy atom. The highest BCUT2D eigenvalue weighted by atomic mass is 32.2. The van der Waals surface area contributed by atoms with Gasteiger partial charge in [-0.3, -0.25) is 19.4 Å². The molecule has 0 fully saturated rings. The number of hydrogen-bond donors (Lipinski definition) is 1. The second-order valence-corrected chi connectivity index (χ2v) is 7.01. The molecule has 0 aliphatic heterocycles. The van der Waals surface area contributed by atoms with Gasteiger partial charge in [-0.1, -0.05) is 67.2 Å². The molecule has 0 aliphatic rings. The van der Waals surface area contributed by atoms with Crippen molar-refractivity contribution in [2.45, 2.75) is 6.92 Å². The summed E-state index contributed by atoms with van der Waals surface area (Å²) >= 11 is 1.06. The number of hydrazine groups is 1. The van der Waals surface area contributed by atoms with Gasteiger partial charge in [0.15, 0.2) is 0 Å². The molecule has 0 radical (unpaired) electrons. The highest BCUT2D eigenvalue weighted by Crippen LogP contribution is 2.20. The Balaban J connectivity index is 2.05. The monoisotopic (exact) mass is 386 g/mol. The van der Waals surface area contributed by atoms with Crippen LogP contribution in [0.25, 0.3) is 0 Å². The Morgan fingerprint density at radius 3 is 2.11 bits per heavy atom. The minimum atomic E-state index is -1.11. The van der Waals surface area contributed by atoms with Crippen molar-refractivity contribution in [2.75, 3.05) is 24.4 Å². The van der Waals surface area contributed by atoms with Crippen LogP contribution < -0.4 is 5.01 Å². The lowest BCUT2D eigenvalue weighted by Gasteiger charge is -2.34. The number of nitrogens with zero attached hydrogens (tertiary/aromatic N) is 2. The van der Waals surface area contributed by atoms with E-state index in [9.17, 15) is 19.5 Å². The van der Waals surface area contributed by atoms with Crippen LogP contribution in [-0.4, -0.2) is 46.5 Å². The quantitative estimate of drug-likeness (QED) is 0.702. The second kappa shape index (κ2) is 9.78. The Bertz CT molecular complexity index is 783. The molecule has 2 aromatic carbocycles. The summed E-state index contributed by atoms with van der Waals surface area (Å²) in [6.45, 7) is 1.24. The van der Waals surface area contributed by atoms with Gasteiger partial charge in [0.05, 0.1) is 5.69 Å². The van der Waals surface area contributed by atoms with Crippen LogP contribution in [-0.2, 0) is 9.59 Å². The first-order chi connectivity index (χ1) is 12.9. The first-order valence-electron chi connectivity index (χ1n) is 8.44. The summed E-state index contributed by atoms with van der Waals surface area (Å²) in [5.74, 6) is -1.71. The first-order valence-corrected chi connectivity index (χ1v) is 9.42. The van der Waals surface area contributed by atoms with E-state index in [0.29, 0.717) is 11.3 Å². The van der Waals surface area contributed by atoms with Crippen molar-refractivity contribution < 1.29 is 19.5 Å². The van der Waals surface area contributed by atoms with E-state index in [2.05, 4.69) is 0 Å². The predicted octanol–water partition coefficient (Wildman–Crippen LogP) is 3.16. The van der Waals surface area contributed by atoms with Gasteiger partial charge < -0.3 is 5.11 Å². The normalized spacial score (nSPS) is 11.5. The maximum absolute atomic E-state index is 12.8. The number of rotatable bonds is 8. The van der Waals surface area contributed by atoms with Crippen LogP contribution in [0.4, 0.5) is 5.69 Å². The summed E-state index contributed by atoms with van der Waals surface area (Å²) in [5.41, 5.74) is 1.28. The maximum Gasteiger partial charge on any atom is 0.325 e. The van der Waals surface area contributed by atoms with Gasteiger partial charge in [0.1, 0.15) is 6.54 Å². The molecule has 27 heavy (non-hydrogen) atoms. The summed E-state index contributed by atoms with van der Waals surface area (Å²) in [6.07, 6.45) is 0. The molecule has 0 aliphatic carbocycles. The lowest BCUT2D eigenvalue weighted by atomic mass is 10.2. The number of anilines is 1. The number of aliphatic carboxylic acids is 1. The fraction of sp³-hybridized carbons (Fsp3) is 0.250. The molecule has 1 amide bonds. The number of thioether (sulfide) groups is 1. The Kier molecular flexibility index (Phi) is 7.43. The molecule has 142 valence electrons. The number of benzene rings is 2. The van der Waals surface area contributed by atoms with Gasteiger partial charge in [-0.05, 0) is 12.1 Å². The molecule has 2 rings (SSSR count). The molecular formula is C20H22N2O4S. The third kappa shape index (κ3) is 5.86. The fourth-order valence-electron chi connectivity index (χ4n) is 2.43. The van der Waals surface area contributed by atoms with E-state index in [1.54, 1.807) is 50.4 Å². The zero-order valence-electron chi connectivity index (χ0n) is 15.2. The molecule has 1 unspecified atom stereocenters. The number of para-hydroxylation sites is 1. The Morgan fingerprint density at radius 2 is 1.56 bits per heavy atom. The third-order valence-corrected chi connectivity index (χ3v) is 5.09. The summed E-state index contributed by atoms with van der Waals surface area (Å²) < 4.78 is 0. The highest BCUT2D eigenvalue weighted by Gasteiger charge is 2.27. The summed E-state index contributed by atoms with van der Waals surface area (Å²) in [6, 6.07) is 17.9. The first kappa shape index (κ1) is 20.5. The van der Waals surface area contributed by atoms with Crippen molar-refractivity contribution in [3.05, 3.63) is 66.2 Å². The smallest absolute Gasteiger partial charge is 0.325 e. The molecule has 0 heterocycles. The number of amides is 1. The molecule has 0 spiro atoms. The van der Waals surface area contributed by atoms with E-state index in [1.807, 2.05) is 24.3 Å². The number of carbonyl (C=O) groups is 3. The van der Waals surface area contributed by atoms with Gasteiger partial charge in [-0.25, -0.2) is 5.01 Å². The number of carboxylic acid groups (broad SMARTS) is 1. The van der Waals surface area contributed by atoms with Gasteiger partial charge >= 0.3 is 5.97 Å². The van der Waals surface area contributed by atoms with Crippen molar-refractivity contribution in [3.63, 3.8) is 0 Å². The van der Waals surface area contributed by atoms with Crippen LogP contribution in [0.15, 0.2) is 60.7 Å². The second-order valence-electron chi connectivity index (χ2n) is 6.01. The van der Waals surface area contributed by atoms with Crippen LogP contribution in [0, 0.1) is 5.92 Å². The molecule has 1 atom stereocenters. The number of carbonyl (C=O) groups excluding carboxylic acids is 2. The molecule has 0 aromatic heterocycles. The minimum Gasteiger partial charge on any atom is -0.480 e. The molecule has 7 heteroatoms. The molecule has 0 saturated heterocycles. The molecule has 0 saturated carbocycles. The van der Waals surface area contributed by atoms with Crippen LogP contribution in [0.5, 0.6) is 0 Å². The van der Waals surface area contributed by atoms with Gasteiger partial charge in [0.2, 0.25) is 11.0 Å². The van der Waals surface area contributed by atoms with Gasteiger partial charge in [0.25, 0.3) is 0 Å². The van der Waals surface area contributed by atoms with Crippen LogP contribution in [0.1, 0.15) is 17.3 Å². The van der Waals surface area contributed by atoms with E-state index >= 15 is 0 Å². The molecule has 0 bridgehead atoms. The fourth-order valence-corrected chi connectivity index (χ4v) is 3.27. The highest BCUT2D eigenvalue weighted by molar-refractivity contribution is 8.14. The van der Waals surface area contributed by atoms with Gasteiger partial charge in [-0.15, -0.1) is 0 Å². The van der Waals surface area contributed by atoms with Crippen molar-refractivity contribution in [2.24, 2.45) is 5.92 Å². The predicted molar refractivity (Wildman–Crippen MR) is 107 cm³/mol. The van der Waals surface area contributed by atoms with Crippen LogP contribution >= 0.6 is 11.8 Å². The van der Waals surface area contributed by atoms with E-state index in [-0.39, 0.29) is 16.8 Å². The summed E-state index contributed by atoms with van der Waals surface area (Å²) in [4.78, 5) is 36.3. The minimum absolute atomic E-state index is 0.114. The van der Waals surface area contributed by atoms with Gasteiger partial charge in [0, 0.05) is 24.3 Å². The average molecular weight is 386 g/mol. The lowest BCUT2D eigenvalue weighted by molar-refractivity contribution is -0.146. The number of hydrogen-bond acceptors (Lipinski definition) is 5. The SMILES string of the molecule is CC(CSC(=O)c1ccccc1)C(=O)N(CC(=O)O)N(C)c1ccccc1. The Hall–Kier alpha value is -2.80. The van der Waals surface area contributed by atoms with E-state index < -0.39 is 18.4 Å². The summed E-state index contributed by atoms with van der Waals surface area (Å²) in [7, 11) is 1.64. The third-order valence-electron chi connectivity index (χ3n) is 3.93. The van der Waals surface area contributed by atoms with Gasteiger partial charge in [-0.2, -0.15) is 0 Å². The van der Waals surface area contributed by atoms with Crippen LogP contribution in [0.2, 0.25) is 0 Å². The van der Waals surface area contributed by atoms with E-state index in [1.165, 1.54) is 10.0 Å². The average Bonchev–Trinajstić information content (AvgIpc) is 2.70. The summed E-state index contributed by atoms with van der Waals surface area (Å²) in [5, 5.41) is 11.8. The maximum atomic E-state index is 12.8. The topological polar surface area (TPSA) is 77.9 Å². The van der Waals surface area contributed by atoms with E-state index in [0.717, 1.165) is 11.8 Å². The zero-order chi connectivity index (χ0) is 19.8. The van der Waals surface area contributed by atoms with Crippen LogP contribution in [0.3, 0.4) is 0 Å². The zero-order valence-corrected chi connectivity index (χ0v) is 16.1.